The van der Waals surface area contributed by atoms with E-state index in [2.05, 4.69) is 0 Å². The molecule has 0 amide bonds. The average molecular weight is 354 g/mol. The molecular formula is C17H17ClFNO2S. The third kappa shape index (κ3) is 3.13. The van der Waals surface area contributed by atoms with Crippen molar-refractivity contribution in [1.82, 2.24) is 4.31 Å². The zero-order valence-corrected chi connectivity index (χ0v) is 14.2. The molecule has 1 heterocycles. The van der Waals surface area contributed by atoms with E-state index in [1.54, 1.807) is 24.3 Å². The van der Waals surface area contributed by atoms with Crippen molar-refractivity contribution < 1.29 is 12.8 Å². The van der Waals surface area contributed by atoms with Crippen molar-refractivity contribution in [3.8, 4) is 0 Å². The largest absolute Gasteiger partial charge is 0.243 e. The molecule has 0 aromatic heterocycles. The second kappa shape index (κ2) is 6.23. The van der Waals surface area contributed by atoms with E-state index in [4.69, 9.17) is 11.6 Å². The highest BCUT2D eigenvalue weighted by atomic mass is 35.5. The predicted molar refractivity (Wildman–Crippen MR) is 88.5 cm³/mol. The monoisotopic (exact) mass is 353 g/mol. The van der Waals surface area contributed by atoms with Gasteiger partial charge in [-0.3, -0.25) is 0 Å². The third-order valence-electron chi connectivity index (χ3n) is 4.21. The van der Waals surface area contributed by atoms with Gasteiger partial charge in [0, 0.05) is 11.6 Å². The molecule has 1 aliphatic heterocycles. The number of rotatable bonds is 3. The molecule has 2 aromatic carbocycles. The standard InChI is InChI=1S/C17H17ClFNO2S/c1-12-4-9-15(11-16(12)18)23(21,22)20-10-2-3-17(20)13-5-7-14(19)8-6-13/h4-9,11,17H,2-3,10H2,1H3. The second-order valence-corrected chi connectivity index (χ2v) is 8.03. The molecule has 2 aromatic rings. The van der Waals surface area contributed by atoms with Crippen LogP contribution in [-0.4, -0.2) is 19.3 Å². The average Bonchev–Trinajstić information content (AvgIpc) is 3.01. The van der Waals surface area contributed by atoms with Crippen LogP contribution in [0.15, 0.2) is 47.4 Å². The minimum atomic E-state index is -3.63. The van der Waals surface area contributed by atoms with E-state index in [9.17, 15) is 12.8 Å². The molecule has 1 fully saturated rings. The molecule has 0 spiro atoms. The van der Waals surface area contributed by atoms with Gasteiger partial charge in [-0.05, 0) is 55.2 Å². The van der Waals surface area contributed by atoms with Crippen LogP contribution in [0.1, 0.15) is 30.0 Å². The zero-order valence-electron chi connectivity index (χ0n) is 12.7. The van der Waals surface area contributed by atoms with Gasteiger partial charge in [-0.1, -0.05) is 29.8 Å². The summed E-state index contributed by atoms with van der Waals surface area (Å²) in [6.07, 6.45) is 1.51. The molecule has 0 aliphatic carbocycles. The Kier molecular flexibility index (Phi) is 4.45. The van der Waals surface area contributed by atoms with Crippen molar-refractivity contribution in [1.29, 1.82) is 0 Å². The van der Waals surface area contributed by atoms with Crippen molar-refractivity contribution in [2.24, 2.45) is 0 Å². The normalized spacial score (nSPS) is 19.2. The highest BCUT2D eigenvalue weighted by molar-refractivity contribution is 7.89. The number of aryl methyl sites for hydroxylation is 1. The van der Waals surface area contributed by atoms with E-state index in [1.165, 1.54) is 22.5 Å². The first-order chi connectivity index (χ1) is 10.9. The van der Waals surface area contributed by atoms with Gasteiger partial charge < -0.3 is 0 Å². The van der Waals surface area contributed by atoms with Crippen LogP contribution in [0.5, 0.6) is 0 Å². The van der Waals surface area contributed by atoms with Crippen LogP contribution in [0.3, 0.4) is 0 Å². The van der Waals surface area contributed by atoms with Gasteiger partial charge in [0.1, 0.15) is 5.82 Å². The van der Waals surface area contributed by atoms with E-state index >= 15 is 0 Å². The van der Waals surface area contributed by atoms with E-state index < -0.39 is 10.0 Å². The van der Waals surface area contributed by atoms with Crippen LogP contribution in [-0.2, 0) is 10.0 Å². The number of nitrogens with zero attached hydrogens (tertiary/aromatic N) is 1. The molecule has 6 heteroatoms. The summed E-state index contributed by atoms with van der Waals surface area (Å²) in [6, 6.07) is 10.5. The summed E-state index contributed by atoms with van der Waals surface area (Å²) < 4.78 is 40.5. The van der Waals surface area contributed by atoms with Crippen molar-refractivity contribution in [2.45, 2.75) is 30.7 Å². The summed E-state index contributed by atoms with van der Waals surface area (Å²) in [5.74, 6) is -0.327. The molecule has 0 radical (unpaired) electrons. The summed E-state index contributed by atoms with van der Waals surface area (Å²) in [5.41, 5.74) is 1.65. The van der Waals surface area contributed by atoms with Gasteiger partial charge in [0.2, 0.25) is 10.0 Å². The lowest BCUT2D eigenvalue weighted by atomic mass is 10.1. The summed E-state index contributed by atoms with van der Waals surface area (Å²) in [4.78, 5) is 0.196. The van der Waals surface area contributed by atoms with Crippen molar-refractivity contribution in [3.63, 3.8) is 0 Å². The minimum absolute atomic E-state index is 0.196. The lowest BCUT2D eigenvalue weighted by Gasteiger charge is -2.24. The smallest absolute Gasteiger partial charge is 0.207 e. The number of hydrogen-bond acceptors (Lipinski definition) is 2. The number of halogens is 2. The van der Waals surface area contributed by atoms with Crippen LogP contribution < -0.4 is 0 Å². The first kappa shape index (κ1) is 16.4. The predicted octanol–water partition coefficient (Wildman–Crippen LogP) is 4.31. The zero-order chi connectivity index (χ0) is 16.6. The summed E-state index contributed by atoms with van der Waals surface area (Å²) in [7, 11) is -3.63. The number of sulfonamides is 1. The molecule has 3 nitrogen and oxygen atoms in total. The Hall–Kier alpha value is -1.43. The molecule has 1 atom stereocenters. The highest BCUT2D eigenvalue weighted by Crippen LogP contribution is 2.37. The number of hydrogen-bond donors (Lipinski definition) is 0. The SMILES string of the molecule is Cc1ccc(S(=O)(=O)N2CCCC2c2ccc(F)cc2)cc1Cl. The molecule has 0 saturated carbocycles. The quantitative estimate of drug-likeness (QED) is 0.824. The summed E-state index contributed by atoms with van der Waals surface area (Å²) in [5, 5.41) is 0.434. The Morgan fingerprint density at radius 2 is 1.87 bits per heavy atom. The van der Waals surface area contributed by atoms with E-state index in [0.29, 0.717) is 11.6 Å². The fourth-order valence-electron chi connectivity index (χ4n) is 2.92. The molecule has 23 heavy (non-hydrogen) atoms. The topological polar surface area (TPSA) is 37.4 Å². The van der Waals surface area contributed by atoms with E-state index in [0.717, 1.165) is 24.0 Å². The maximum atomic E-state index is 13.1. The maximum absolute atomic E-state index is 13.1. The van der Waals surface area contributed by atoms with Gasteiger partial charge >= 0.3 is 0 Å². The van der Waals surface area contributed by atoms with Crippen LogP contribution in [0, 0.1) is 12.7 Å². The molecule has 1 aliphatic rings. The number of benzene rings is 2. The van der Waals surface area contributed by atoms with E-state index in [1.807, 2.05) is 6.92 Å². The van der Waals surface area contributed by atoms with Crippen LogP contribution >= 0.6 is 11.6 Å². The Balaban J connectivity index is 1.97. The van der Waals surface area contributed by atoms with Gasteiger partial charge in [0.25, 0.3) is 0 Å². The fraction of sp³-hybridized carbons (Fsp3) is 0.294. The van der Waals surface area contributed by atoms with Gasteiger partial charge in [-0.15, -0.1) is 0 Å². The maximum Gasteiger partial charge on any atom is 0.243 e. The molecule has 0 N–H and O–H groups in total. The Bertz CT molecular complexity index is 821. The molecule has 1 saturated heterocycles. The van der Waals surface area contributed by atoms with Gasteiger partial charge in [-0.25, -0.2) is 12.8 Å². The van der Waals surface area contributed by atoms with Gasteiger partial charge in [0.05, 0.1) is 10.9 Å². The summed E-state index contributed by atoms with van der Waals surface area (Å²) in [6.45, 7) is 2.28. The Morgan fingerprint density at radius 1 is 1.17 bits per heavy atom. The second-order valence-electron chi connectivity index (χ2n) is 5.74. The Morgan fingerprint density at radius 3 is 2.52 bits per heavy atom. The molecule has 3 rings (SSSR count). The highest BCUT2D eigenvalue weighted by Gasteiger charge is 2.36. The fourth-order valence-corrected chi connectivity index (χ4v) is 4.87. The van der Waals surface area contributed by atoms with Crippen LogP contribution in [0.4, 0.5) is 4.39 Å². The molecule has 0 bridgehead atoms. The molecule has 1 unspecified atom stereocenters. The first-order valence-electron chi connectivity index (χ1n) is 7.43. The van der Waals surface area contributed by atoms with Crippen LogP contribution in [0.2, 0.25) is 5.02 Å². The first-order valence-corrected chi connectivity index (χ1v) is 9.25. The van der Waals surface area contributed by atoms with Crippen molar-refractivity contribution in [3.05, 3.63) is 64.4 Å². The Labute approximate surface area is 140 Å². The lowest BCUT2D eigenvalue weighted by molar-refractivity contribution is 0.396. The van der Waals surface area contributed by atoms with Gasteiger partial charge in [0.15, 0.2) is 0 Å². The lowest BCUT2D eigenvalue weighted by Crippen LogP contribution is -2.30. The molecule has 122 valence electrons. The minimum Gasteiger partial charge on any atom is -0.207 e. The molecular weight excluding hydrogens is 337 g/mol. The van der Waals surface area contributed by atoms with E-state index in [-0.39, 0.29) is 16.8 Å². The van der Waals surface area contributed by atoms with Gasteiger partial charge in [-0.2, -0.15) is 4.31 Å². The summed E-state index contributed by atoms with van der Waals surface area (Å²) >= 11 is 6.07. The van der Waals surface area contributed by atoms with Crippen molar-refractivity contribution in [2.75, 3.05) is 6.54 Å². The van der Waals surface area contributed by atoms with Crippen molar-refractivity contribution >= 4 is 21.6 Å². The van der Waals surface area contributed by atoms with Crippen LogP contribution in [0.25, 0.3) is 0 Å². The third-order valence-corrected chi connectivity index (χ3v) is 6.52.